The van der Waals surface area contributed by atoms with Gasteiger partial charge < -0.3 is 18.8 Å². The lowest BCUT2D eigenvalue weighted by Crippen LogP contribution is -2.26. The van der Waals surface area contributed by atoms with Gasteiger partial charge in [-0.1, -0.05) is 18.2 Å². The molecular formula is C24H23N3O4. The van der Waals surface area contributed by atoms with Crippen LogP contribution in [0.3, 0.4) is 0 Å². The summed E-state index contributed by atoms with van der Waals surface area (Å²) >= 11 is 0. The summed E-state index contributed by atoms with van der Waals surface area (Å²) in [5, 5.41) is 4.73. The fourth-order valence-corrected chi connectivity index (χ4v) is 3.35. The van der Waals surface area contributed by atoms with Crippen LogP contribution in [0.4, 0.5) is 0 Å². The van der Waals surface area contributed by atoms with Gasteiger partial charge in [-0.05, 0) is 42.5 Å². The number of furan rings is 1. The number of rotatable bonds is 7. The molecule has 2 aromatic heterocycles. The van der Waals surface area contributed by atoms with Gasteiger partial charge >= 0.3 is 0 Å². The number of carbonyl (C=O) groups is 1. The van der Waals surface area contributed by atoms with Crippen molar-refractivity contribution in [2.24, 2.45) is 0 Å². The van der Waals surface area contributed by atoms with E-state index in [1.165, 1.54) is 0 Å². The lowest BCUT2D eigenvalue weighted by Gasteiger charge is -2.16. The minimum absolute atomic E-state index is 0.164. The molecule has 0 fully saturated rings. The van der Waals surface area contributed by atoms with Crippen LogP contribution in [0.25, 0.3) is 16.9 Å². The van der Waals surface area contributed by atoms with E-state index < -0.39 is 0 Å². The average Bonchev–Trinajstić information content (AvgIpc) is 3.49. The highest BCUT2D eigenvalue weighted by atomic mass is 16.5. The zero-order valence-electron chi connectivity index (χ0n) is 17.6. The van der Waals surface area contributed by atoms with Gasteiger partial charge in [0.1, 0.15) is 11.5 Å². The van der Waals surface area contributed by atoms with E-state index >= 15 is 0 Å². The van der Waals surface area contributed by atoms with Gasteiger partial charge in [0.05, 0.1) is 38.3 Å². The van der Waals surface area contributed by atoms with Gasteiger partial charge in [0.25, 0.3) is 5.91 Å². The van der Waals surface area contributed by atoms with Crippen molar-refractivity contribution >= 4 is 5.91 Å². The number of nitrogens with zero attached hydrogens (tertiary/aromatic N) is 3. The molecule has 2 aromatic carbocycles. The molecule has 0 saturated carbocycles. The van der Waals surface area contributed by atoms with Crippen molar-refractivity contribution in [2.45, 2.75) is 6.54 Å². The summed E-state index contributed by atoms with van der Waals surface area (Å²) in [5.41, 5.74) is 2.64. The Morgan fingerprint density at radius 3 is 2.48 bits per heavy atom. The first-order valence-electron chi connectivity index (χ1n) is 9.76. The second-order valence-electron chi connectivity index (χ2n) is 6.98. The van der Waals surface area contributed by atoms with Crippen molar-refractivity contribution in [3.63, 3.8) is 0 Å². The van der Waals surface area contributed by atoms with E-state index in [2.05, 4.69) is 0 Å². The number of benzene rings is 2. The minimum atomic E-state index is -0.164. The summed E-state index contributed by atoms with van der Waals surface area (Å²) in [5.74, 6) is 1.72. The zero-order valence-corrected chi connectivity index (χ0v) is 17.6. The monoisotopic (exact) mass is 417 g/mol. The van der Waals surface area contributed by atoms with E-state index in [0.717, 1.165) is 11.3 Å². The Hall–Kier alpha value is -4.00. The standard InChI is InChI=1S/C24H23N3O4/c1-26(15-19-10-7-13-31-19)24(28)20-16-27(18-8-5-4-6-9-18)25-23(20)17-11-12-21(29-2)22(14-17)30-3/h4-14,16H,15H2,1-3H3. The third-order valence-corrected chi connectivity index (χ3v) is 4.94. The molecule has 0 unspecified atom stereocenters. The molecule has 0 atom stereocenters. The molecule has 0 aliphatic carbocycles. The predicted molar refractivity (Wildman–Crippen MR) is 117 cm³/mol. The third kappa shape index (κ3) is 4.16. The maximum absolute atomic E-state index is 13.4. The fourth-order valence-electron chi connectivity index (χ4n) is 3.35. The minimum Gasteiger partial charge on any atom is -0.493 e. The van der Waals surface area contributed by atoms with Crippen LogP contribution >= 0.6 is 0 Å². The number of para-hydroxylation sites is 1. The first kappa shape index (κ1) is 20.3. The molecule has 7 nitrogen and oxygen atoms in total. The molecule has 158 valence electrons. The van der Waals surface area contributed by atoms with Crippen molar-refractivity contribution in [1.82, 2.24) is 14.7 Å². The Balaban J connectivity index is 1.78. The van der Waals surface area contributed by atoms with Crippen LogP contribution in [0.15, 0.2) is 77.5 Å². The van der Waals surface area contributed by atoms with Crippen molar-refractivity contribution in [3.8, 4) is 28.4 Å². The lowest BCUT2D eigenvalue weighted by molar-refractivity contribution is 0.0776. The molecule has 31 heavy (non-hydrogen) atoms. The maximum Gasteiger partial charge on any atom is 0.257 e. The maximum atomic E-state index is 13.4. The smallest absolute Gasteiger partial charge is 0.257 e. The van der Waals surface area contributed by atoms with Gasteiger partial charge in [0, 0.05) is 18.8 Å². The molecule has 4 rings (SSSR count). The molecule has 0 saturated heterocycles. The summed E-state index contributed by atoms with van der Waals surface area (Å²) in [7, 11) is 4.90. The normalized spacial score (nSPS) is 10.7. The highest BCUT2D eigenvalue weighted by molar-refractivity contribution is 6.00. The number of ether oxygens (including phenoxy) is 2. The van der Waals surface area contributed by atoms with Crippen LogP contribution in [0.1, 0.15) is 16.1 Å². The molecular weight excluding hydrogens is 394 g/mol. The van der Waals surface area contributed by atoms with Crippen LogP contribution in [-0.4, -0.2) is 41.9 Å². The second kappa shape index (κ2) is 8.79. The van der Waals surface area contributed by atoms with Gasteiger partial charge in [-0.2, -0.15) is 5.10 Å². The molecule has 0 N–H and O–H groups in total. The number of hydrogen-bond acceptors (Lipinski definition) is 5. The van der Waals surface area contributed by atoms with Gasteiger partial charge in [-0.25, -0.2) is 4.68 Å². The van der Waals surface area contributed by atoms with Gasteiger partial charge in [0.15, 0.2) is 11.5 Å². The average molecular weight is 417 g/mol. The Morgan fingerprint density at radius 1 is 1.03 bits per heavy atom. The van der Waals surface area contributed by atoms with Crippen LogP contribution in [0, 0.1) is 0 Å². The summed E-state index contributed by atoms with van der Waals surface area (Å²) < 4.78 is 17.9. The Labute approximate surface area is 180 Å². The number of hydrogen-bond donors (Lipinski definition) is 0. The molecule has 0 spiro atoms. The van der Waals surface area contributed by atoms with E-state index in [-0.39, 0.29) is 5.91 Å². The molecule has 0 aliphatic rings. The predicted octanol–water partition coefficient (Wildman–Crippen LogP) is 4.42. The Kier molecular flexibility index (Phi) is 5.75. The molecule has 0 aliphatic heterocycles. The number of carbonyl (C=O) groups excluding carboxylic acids is 1. The Bertz CT molecular complexity index is 1170. The molecule has 7 heteroatoms. The van der Waals surface area contributed by atoms with Crippen molar-refractivity contribution < 1.29 is 18.7 Å². The molecule has 0 bridgehead atoms. The number of amides is 1. The van der Waals surface area contributed by atoms with E-state index in [1.807, 2.05) is 48.5 Å². The van der Waals surface area contributed by atoms with Gasteiger partial charge in [-0.15, -0.1) is 0 Å². The van der Waals surface area contributed by atoms with Crippen LogP contribution in [0.2, 0.25) is 0 Å². The largest absolute Gasteiger partial charge is 0.493 e. The molecule has 1 amide bonds. The van der Waals surface area contributed by atoms with Crippen LogP contribution in [0.5, 0.6) is 11.5 Å². The highest BCUT2D eigenvalue weighted by Crippen LogP contribution is 2.33. The third-order valence-electron chi connectivity index (χ3n) is 4.94. The van der Waals surface area contributed by atoms with E-state index in [4.69, 9.17) is 19.0 Å². The van der Waals surface area contributed by atoms with E-state index in [9.17, 15) is 4.79 Å². The first-order valence-corrected chi connectivity index (χ1v) is 9.76. The summed E-state index contributed by atoms with van der Waals surface area (Å²) in [6, 6.07) is 18.8. The lowest BCUT2D eigenvalue weighted by atomic mass is 10.1. The summed E-state index contributed by atoms with van der Waals surface area (Å²) in [6.45, 7) is 0.355. The van der Waals surface area contributed by atoms with E-state index in [0.29, 0.717) is 35.1 Å². The summed E-state index contributed by atoms with van der Waals surface area (Å²) in [6.07, 6.45) is 3.35. The Morgan fingerprint density at radius 2 is 1.81 bits per heavy atom. The first-order chi connectivity index (χ1) is 15.1. The SMILES string of the molecule is COc1ccc(-c2nn(-c3ccccc3)cc2C(=O)N(C)Cc2ccco2)cc1OC. The summed E-state index contributed by atoms with van der Waals surface area (Å²) in [4.78, 5) is 15.0. The second-order valence-corrected chi connectivity index (χ2v) is 6.98. The molecule has 4 aromatic rings. The highest BCUT2D eigenvalue weighted by Gasteiger charge is 2.23. The quantitative estimate of drug-likeness (QED) is 0.445. The zero-order chi connectivity index (χ0) is 21.8. The van der Waals surface area contributed by atoms with Gasteiger partial charge in [-0.3, -0.25) is 4.79 Å². The van der Waals surface area contributed by atoms with Crippen molar-refractivity contribution in [2.75, 3.05) is 21.3 Å². The van der Waals surface area contributed by atoms with Crippen molar-refractivity contribution in [1.29, 1.82) is 0 Å². The fraction of sp³-hybridized carbons (Fsp3) is 0.167. The van der Waals surface area contributed by atoms with E-state index in [1.54, 1.807) is 55.4 Å². The number of aromatic nitrogens is 2. The van der Waals surface area contributed by atoms with Crippen molar-refractivity contribution in [3.05, 3.63) is 84.4 Å². The topological polar surface area (TPSA) is 69.7 Å². The molecule has 2 heterocycles. The number of methoxy groups -OCH3 is 2. The van der Waals surface area contributed by atoms with Crippen LogP contribution in [-0.2, 0) is 6.54 Å². The van der Waals surface area contributed by atoms with Gasteiger partial charge in [0.2, 0.25) is 0 Å². The van der Waals surface area contributed by atoms with Crippen LogP contribution < -0.4 is 9.47 Å². The molecule has 0 radical (unpaired) electrons.